The van der Waals surface area contributed by atoms with E-state index < -0.39 is 0 Å². The predicted octanol–water partition coefficient (Wildman–Crippen LogP) is 2.61. The fourth-order valence-corrected chi connectivity index (χ4v) is 2.45. The fraction of sp³-hybridized carbons (Fsp3) is 0.267. The molecule has 1 aromatic carbocycles. The Morgan fingerprint density at radius 3 is 2.74 bits per heavy atom. The van der Waals surface area contributed by atoms with Crippen molar-refractivity contribution in [2.24, 2.45) is 7.05 Å². The maximum Gasteiger partial charge on any atom is 0.348 e. The highest BCUT2D eigenvalue weighted by atomic mass is 16.1. The van der Waals surface area contributed by atoms with Gasteiger partial charge < -0.3 is 0 Å². The van der Waals surface area contributed by atoms with Gasteiger partial charge in [0, 0.05) is 24.0 Å². The molecule has 4 nitrogen and oxygen atoms in total. The second-order valence-corrected chi connectivity index (χ2v) is 5.03. The summed E-state index contributed by atoms with van der Waals surface area (Å²) < 4.78 is 1.58. The van der Waals surface area contributed by atoms with Gasteiger partial charge in [0.25, 0.3) is 0 Å². The molecule has 0 amide bonds. The van der Waals surface area contributed by atoms with Crippen molar-refractivity contribution in [1.82, 2.24) is 14.5 Å². The van der Waals surface area contributed by atoms with Crippen molar-refractivity contribution >= 4 is 21.8 Å². The molecule has 0 N–H and O–H groups in total. The van der Waals surface area contributed by atoms with Crippen LogP contribution in [0.15, 0.2) is 35.3 Å². The summed E-state index contributed by atoms with van der Waals surface area (Å²) in [4.78, 5) is 20.6. The summed E-state index contributed by atoms with van der Waals surface area (Å²) >= 11 is 0. The first-order chi connectivity index (χ1) is 9.09. The van der Waals surface area contributed by atoms with E-state index in [-0.39, 0.29) is 11.6 Å². The Kier molecular flexibility index (Phi) is 2.59. The van der Waals surface area contributed by atoms with E-state index >= 15 is 0 Å². The Balaban J connectivity index is 2.62. The van der Waals surface area contributed by atoms with E-state index in [4.69, 9.17) is 0 Å². The van der Waals surface area contributed by atoms with Crippen LogP contribution in [0.2, 0.25) is 0 Å². The number of aromatic nitrogens is 3. The van der Waals surface area contributed by atoms with E-state index in [1.54, 1.807) is 17.8 Å². The molecule has 0 radical (unpaired) electrons. The Labute approximate surface area is 110 Å². The van der Waals surface area contributed by atoms with Crippen LogP contribution in [0.5, 0.6) is 0 Å². The molecule has 0 aliphatic heterocycles. The van der Waals surface area contributed by atoms with Crippen molar-refractivity contribution in [3.63, 3.8) is 0 Å². The van der Waals surface area contributed by atoms with Crippen molar-refractivity contribution < 1.29 is 0 Å². The van der Waals surface area contributed by atoms with Crippen LogP contribution in [0, 0.1) is 0 Å². The summed E-state index contributed by atoms with van der Waals surface area (Å²) in [6, 6.07) is 7.96. The number of hydrogen-bond donors (Lipinski definition) is 0. The maximum atomic E-state index is 12.0. The van der Waals surface area contributed by atoms with Crippen molar-refractivity contribution in [1.29, 1.82) is 0 Å². The molecular formula is C15H15N3O. The van der Waals surface area contributed by atoms with Crippen LogP contribution in [0.3, 0.4) is 0 Å². The van der Waals surface area contributed by atoms with E-state index in [1.807, 2.05) is 38.1 Å². The van der Waals surface area contributed by atoms with E-state index in [0.29, 0.717) is 0 Å². The van der Waals surface area contributed by atoms with Gasteiger partial charge in [-0.2, -0.15) is 4.98 Å². The topological polar surface area (TPSA) is 47.8 Å². The fourth-order valence-electron chi connectivity index (χ4n) is 2.45. The van der Waals surface area contributed by atoms with Crippen molar-refractivity contribution in [2.75, 3.05) is 0 Å². The third-order valence-corrected chi connectivity index (χ3v) is 3.41. The SMILES string of the molecule is CC(C)c1nc(=O)n(C)c2c1ccc1cccnc12. The number of hydrogen-bond acceptors (Lipinski definition) is 3. The number of rotatable bonds is 1. The van der Waals surface area contributed by atoms with Crippen LogP contribution < -0.4 is 5.69 Å². The third kappa shape index (κ3) is 1.71. The van der Waals surface area contributed by atoms with Gasteiger partial charge in [-0.3, -0.25) is 9.55 Å². The summed E-state index contributed by atoms with van der Waals surface area (Å²) in [5, 5.41) is 2.04. The molecule has 3 rings (SSSR count). The van der Waals surface area contributed by atoms with Gasteiger partial charge >= 0.3 is 5.69 Å². The standard InChI is InChI=1S/C15H15N3O/c1-9(2)12-11-7-6-10-5-4-8-16-13(10)14(11)18(3)15(19)17-12/h4-9H,1-3H3. The summed E-state index contributed by atoms with van der Waals surface area (Å²) in [5.74, 6) is 0.206. The van der Waals surface area contributed by atoms with Gasteiger partial charge in [0.05, 0.1) is 16.7 Å². The monoisotopic (exact) mass is 253 g/mol. The number of nitrogens with zero attached hydrogens (tertiary/aromatic N) is 3. The molecule has 0 aliphatic rings. The van der Waals surface area contributed by atoms with Gasteiger partial charge in [0.15, 0.2) is 0 Å². The zero-order valence-corrected chi connectivity index (χ0v) is 11.2. The Bertz CT molecular complexity index is 834. The van der Waals surface area contributed by atoms with Crippen LogP contribution >= 0.6 is 0 Å². The van der Waals surface area contributed by atoms with Gasteiger partial charge in [-0.15, -0.1) is 0 Å². The van der Waals surface area contributed by atoms with Gasteiger partial charge in [0.2, 0.25) is 0 Å². The van der Waals surface area contributed by atoms with Crippen molar-refractivity contribution in [3.05, 3.63) is 46.6 Å². The number of fused-ring (bicyclic) bond motifs is 3. The molecule has 19 heavy (non-hydrogen) atoms. The lowest BCUT2D eigenvalue weighted by molar-refractivity contribution is 0.776. The van der Waals surface area contributed by atoms with E-state index in [1.165, 1.54) is 0 Å². The largest absolute Gasteiger partial charge is 0.348 e. The van der Waals surface area contributed by atoms with Crippen LogP contribution in [-0.2, 0) is 7.05 Å². The molecule has 0 unspecified atom stereocenters. The number of aryl methyl sites for hydroxylation is 1. The highest BCUT2D eigenvalue weighted by Gasteiger charge is 2.13. The molecule has 0 bridgehead atoms. The molecule has 96 valence electrons. The zero-order chi connectivity index (χ0) is 13.6. The van der Waals surface area contributed by atoms with Crippen molar-refractivity contribution in [2.45, 2.75) is 19.8 Å². The zero-order valence-electron chi connectivity index (χ0n) is 11.2. The lowest BCUT2D eigenvalue weighted by atomic mass is 10.0. The highest BCUT2D eigenvalue weighted by Crippen LogP contribution is 2.26. The molecule has 2 heterocycles. The average Bonchev–Trinajstić information content (AvgIpc) is 2.41. The second kappa shape index (κ2) is 4.16. The summed E-state index contributed by atoms with van der Waals surface area (Å²) in [6.07, 6.45) is 1.75. The first kappa shape index (κ1) is 11.8. The molecule has 0 spiro atoms. The highest BCUT2D eigenvalue weighted by molar-refractivity contribution is 6.03. The minimum Gasteiger partial charge on any atom is -0.293 e. The molecule has 0 aliphatic carbocycles. The maximum absolute atomic E-state index is 12.0. The molecular weight excluding hydrogens is 238 g/mol. The Morgan fingerprint density at radius 1 is 1.21 bits per heavy atom. The van der Waals surface area contributed by atoms with Crippen LogP contribution in [-0.4, -0.2) is 14.5 Å². The predicted molar refractivity (Wildman–Crippen MR) is 76.4 cm³/mol. The van der Waals surface area contributed by atoms with Crippen LogP contribution in [0.25, 0.3) is 21.8 Å². The molecule has 2 aromatic heterocycles. The summed E-state index contributed by atoms with van der Waals surface area (Å²) in [5.41, 5.74) is 2.32. The lowest BCUT2D eigenvalue weighted by Gasteiger charge is -2.12. The number of pyridine rings is 1. The first-order valence-corrected chi connectivity index (χ1v) is 6.34. The molecule has 3 aromatic rings. The Hall–Kier alpha value is -2.23. The van der Waals surface area contributed by atoms with Crippen LogP contribution in [0.4, 0.5) is 0 Å². The minimum atomic E-state index is -0.227. The average molecular weight is 253 g/mol. The molecule has 4 heteroatoms. The van der Waals surface area contributed by atoms with Gasteiger partial charge in [-0.25, -0.2) is 4.79 Å². The lowest BCUT2D eigenvalue weighted by Crippen LogP contribution is -2.22. The molecule has 0 atom stereocenters. The third-order valence-electron chi connectivity index (χ3n) is 3.41. The first-order valence-electron chi connectivity index (χ1n) is 6.34. The van der Waals surface area contributed by atoms with Crippen LogP contribution in [0.1, 0.15) is 25.5 Å². The summed E-state index contributed by atoms with van der Waals surface area (Å²) in [7, 11) is 1.75. The van der Waals surface area contributed by atoms with E-state index in [9.17, 15) is 4.79 Å². The molecule has 0 fully saturated rings. The Morgan fingerprint density at radius 2 is 2.00 bits per heavy atom. The quantitative estimate of drug-likeness (QED) is 0.626. The van der Waals surface area contributed by atoms with E-state index in [0.717, 1.165) is 27.5 Å². The van der Waals surface area contributed by atoms with Crippen molar-refractivity contribution in [3.8, 4) is 0 Å². The smallest absolute Gasteiger partial charge is 0.293 e. The second-order valence-electron chi connectivity index (χ2n) is 5.03. The normalized spacial score (nSPS) is 11.6. The number of benzene rings is 1. The van der Waals surface area contributed by atoms with Gasteiger partial charge in [-0.05, 0) is 12.0 Å². The van der Waals surface area contributed by atoms with Gasteiger partial charge in [0.1, 0.15) is 0 Å². The molecule has 0 saturated heterocycles. The van der Waals surface area contributed by atoms with E-state index in [2.05, 4.69) is 9.97 Å². The summed E-state index contributed by atoms with van der Waals surface area (Å²) in [6.45, 7) is 4.09. The molecule has 0 saturated carbocycles. The minimum absolute atomic E-state index is 0.206. The van der Waals surface area contributed by atoms with Gasteiger partial charge in [-0.1, -0.05) is 32.0 Å².